The van der Waals surface area contributed by atoms with E-state index >= 15 is 0 Å². The quantitative estimate of drug-likeness (QED) is 0.757. The van der Waals surface area contributed by atoms with Crippen LogP contribution in [-0.2, 0) is 0 Å². The number of furan rings is 1. The first-order chi connectivity index (χ1) is 8.16. The largest absolute Gasteiger partial charge is 0.485 e. The number of ether oxygens (including phenoxy) is 1. The van der Waals surface area contributed by atoms with Gasteiger partial charge in [-0.2, -0.15) is 0 Å². The summed E-state index contributed by atoms with van der Waals surface area (Å²) in [6.07, 6.45) is 1.48. The van der Waals surface area contributed by atoms with E-state index in [2.05, 4.69) is 0 Å². The molecule has 3 nitrogen and oxygen atoms in total. The molecular formula is C14H14O3. The molecule has 3 heteroatoms. The van der Waals surface area contributed by atoms with Gasteiger partial charge in [0.2, 0.25) is 5.78 Å². The predicted octanol–water partition coefficient (Wildman–Crippen LogP) is 3.16. The summed E-state index contributed by atoms with van der Waals surface area (Å²) in [4.78, 5) is 11.6. The zero-order chi connectivity index (χ0) is 12.3. The molecule has 0 N–H and O–H groups in total. The molecule has 0 aliphatic rings. The number of Topliss-reactive ketones (excluding diaryl/α,β-unsaturated/α-hetero) is 1. The highest BCUT2D eigenvalue weighted by molar-refractivity contribution is 5.94. The van der Waals surface area contributed by atoms with E-state index in [4.69, 9.17) is 9.15 Å². The predicted molar refractivity (Wildman–Crippen MR) is 64.4 cm³/mol. The molecule has 0 amide bonds. The van der Waals surface area contributed by atoms with Crippen molar-refractivity contribution in [3.8, 4) is 5.75 Å². The molecule has 2 aromatic rings. The highest BCUT2D eigenvalue weighted by Gasteiger charge is 2.09. The molecule has 0 atom stereocenters. The van der Waals surface area contributed by atoms with E-state index in [0.29, 0.717) is 11.5 Å². The average Bonchev–Trinajstić information content (AvgIpc) is 2.84. The van der Waals surface area contributed by atoms with Crippen LogP contribution in [0.2, 0.25) is 0 Å². The average molecular weight is 230 g/mol. The molecule has 0 saturated carbocycles. The third-order valence-corrected chi connectivity index (χ3v) is 2.64. The van der Waals surface area contributed by atoms with Crippen LogP contribution in [0.4, 0.5) is 0 Å². The van der Waals surface area contributed by atoms with Crippen LogP contribution in [0.25, 0.3) is 0 Å². The lowest BCUT2D eigenvalue weighted by molar-refractivity contribution is 0.0893. The normalized spacial score (nSPS) is 10.2. The summed E-state index contributed by atoms with van der Waals surface area (Å²) >= 11 is 0. The molecule has 0 aliphatic heterocycles. The van der Waals surface area contributed by atoms with Gasteiger partial charge < -0.3 is 9.15 Å². The maximum absolute atomic E-state index is 11.6. The second-order valence-corrected chi connectivity index (χ2v) is 3.94. The van der Waals surface area contributed by atoms with E-state index in [1.54, 1.807) is 12.1 Å². The first kappa shape index (κ1) is 11.5. The van der Waals surface area contributed by atoms with Crippen LogP contribution in [0.1, 0.15) is 21.7 Å². The highest BCUT2D eigenvalue weighted by atomic mass is 16.5. The molecular weight excluding hydrogens is 216 g/mol. The maximum Gasteiger partial charge on any atom is 0.235 e. The molecule has 0 unspecified atom stereocenters. The SMILES string of the molecule is Cc1ccc(OCC(=O)c2ccco2)cc1C. The molecule has 0 bridgehead atoms. The Balaban J connectivity index is 1.98. The van der Waals surface area contributed by atoms with Gasteiger partial charge in [-0.25, -0.2) is 0 Å². The third kappa shape index (κ3) is 2.75. The van der Waals surface area contributed by atoms with Gasteiger partial charge in [0.05, 0.1) is 6.26 Å². The summed E-state index contributed by atoms with van der Waals surface area (Å²) in [5.41, 5.74) is 2.35. The minimum Gasteiger partial charge on any atom is -0.485 e. The molecule has 0 fully saturated rings. The van der Waals surface area contributed by atoms with Crippen molar-refractivity contribution in [1.82, 2.24) is 0 Å². The number of carbonyl (C=O) groups excluding carboxylic acids is 1. The second kappa shape index (κ2) is 4.87. The van der Waals surface area contributed by atoms with E-state index in [-0.39, 0.29) is 12.4 Å². The Morgan fingerprint density at radius 2 is 2.06 bits per heavy atom. The van der Waals surface area contributed by atoms with Crippen LogP contribution < -0.4 is 4.74 Å². The van der Waals surface area contributed by atoms with Crippen molar-refractivity contribution >= 4 is 5.78 Å². The number of benzene rings is 1. The number of ketones is 1. The van der Waals surface area contributed by atoms with E-state index < -0.39 is 0 Å². The Morgan fingerprint density at radius 3 is 2.71 bits per heavy atom. The molecule has 0 radical (unpaired) electrons. The third-order valence-electron chi connectivity index (χ3n) is 2.64. The fourth-order valence-electron chi connectivity index (χ4n) is 1.46. The number of hydrogen-bond acceptors (Lipinski definition) is 3. The Morgan fingerprint density at radius 1 is 1.24 bits per heavy atom. The van der Waals surface area contributed by atoms with Crippen molar-refractivity contribution in [3.63, 3.8) is 0 Å². The van der Waals surface area contributed by atoms with Crippen LogP contribution in [0.3, 0.4) is 0 Å². The monoisotopic (exact) mass is 230 g/mol. The fraction of sp³-hybridized carbons (Fsp3) is 0.214. The molecule has 88 valence electrons. The molecule has 1 heterocycles. The van der Waals surface area contributed by atoms with Crippen molar-refractivity contribution < 1.29 is 13.9 Å². The number of carbonyl (C=O) groups is 1. The summed E-state index contributed by atoms with van der Waals surface area (Å²) in [7, 11) is 0. The molecule has 1 aromatic carbocycles. The Kier molecular flexibility index (Phi) is 3.28. The van der Waals surface area contributed by atoms with Gasteiger partial charge in [0, 0.05) is 0 Å². The minimum atomic E-state index is -0.159. The van der Waals surface area contributed by atoms with Gasteiger partial charge in [0.15, 0.2) is 12.4 Å². The topological polar surface area (TPSA) is 39.4 Å². The number of aryl methyl sites for hydroxylation is 2. The van der Waals surface area contributed by atoms with Gasteiger partial charge in [-0.3, -0.25) is 4.79 Å². The Hall–Kier alpha value is -2.03. The fourth-order valence-corrected chi connectivity index (χ4v) is 1.46. The number of hydrogen-bond donors (Lipinski definition) is 0. The lowest BCUT2D eigenvalue weighted by atomic mass is 10.1. The Labute approximate surface area is 100 Å². The number of rotatable bonds is 4. The summed E-state index contributed by atoms with van der Waals surface area (Å²) in [6, 6.07) is 9.07. The van der Waals surface area contributed by atoms with E-state index in [0.717, 1.165) is 5.56 Å². The van der Waals surface area contributed by atoms with Crippen molar-refractivity contribution in [1.29, 1.82) is 0 Å². The Bertz CT molecular complexity index is 512. The van der Waals surface area contributed by atoms with Crippen molar-refractivity contribution in [2.75, 3.05) is 6.61 Å². The standard InChI is InChI=1S/C14H14O3/c1-10-5-6-12(8-11(10)2)17-9-13(15)14-4-3-7-16-14/h3-8H,9H2,1-2H3. The van der Waals surface area contributed by atoms with Crippen LogP contribution in [0, 0.1) is 13.8 Å². The lowest BCUT2D eigenvalue weighted by Gasteiger charge is -2.06. The van der Waals surface area contributed by atoms with Gasteiger partial charge in [-0.05, 0) is 49.2 Å². The lowest BCUT2D eigenvalue weighted by Crippen LogP contribution is -2.10. The van der Waals surface area contributed by atoms with E-state index in [1.165, 1.54) is 11.8 Å². The first-order valence-corrected chi connectivity index (χ1v) is 5.43. The first-order valence-electron chi connectivity index (χ1n) is 5.43. The summed E-state index contributed by atoms with van der Waals surface area (Å²) in [5, 5.41) is 0. The molecule has 2 rings (SSSR count). The van der Waals surface area contributed by atoms with Crippen LogP contribution >= 0.6 is 0 Å². The maximum atomic E-state index is 11.6. The zero-order valence-corrected chi connectivity index (χ0v) is 9.90. The molecule has 0 spiro atoms. The summed E-state index contributed by atoms with van der Waals surface area (Å²) < 4.78 is 10.4. The van der Waals surface area contributed by atoms with Gasteiger partial charge in [0.1, 0.15) is 5.75 Å². The minimum absolute atomic E-state index is 0.00395. The van der Waals surface area contributed by atoms with Gasteiger partial charge >= 0.3 is 0 Å². The summed E-state index contributed by atoms with van der Waals surface area (Å²) in [5.74, 6) is 0.870. The molecule has 17 heavy (non-hydrogen) atoms. The summed E-state index contributed by atoms with van der Waals surface area (Å²) in [6.45, 7) is 4.04. The molecule has 0 aliphatic carbocycles. The van der Waals surface area contributed by atoms with Gasteiger partial charge in [-0.15, -0.1) is 0 Å². The molecule has 1 aromatic heterocycles. The van der Waals surface area contributed by atoms with E-state index in [1.807, 2.05) is 32.0 Å². The van der Waals surface area contributed by atoms with Crippen molar-refractivity contribution in [2.24, 2.45) is 0 Å². The van der Waals surface area contributed by atoms with Crippen molar-refractivity contribution in [3.05, 3.63) is 53.5 Å². The molecule has 0 saturated heterocycles. The van der Waals surface area contributed by atoms with Crippen LogP contribution in [-0.4, -0.2) is 12.4 Å². The zero-order valence-electron chi connectivity index (χ0n) is 9.90. The van der Waals surface area contributed by atoms with Crippen LogP contribution in [0.15, 0.2) is 41.0 Å². The second-order valence-electron chi connectivity index (χ2n) is 3.94. The van der Waals surface area contributed by atoms with Gasteiger partial charge in [0.25, 0.3) is 0 Å². The smallest absolute Gasteiger partial charge is 0.235 e. The van der Waals surface area contributed by atoms with Crippen LogP contribution in [0.5, 0.6) is 5.75 Å². The van der Waals surface area contributed by atoms with Gasteiger partial charge in [-0.1, -0.05) is 6.07 Å². The van der Waals surface area contributed by atoms with E-state index in [9.17, 15) is 4.79 Å². The highest BCUT2D eigenvalue weighted by Crippen LogP contribution is 2.16. The van der Waals surface area contributed by atoms with Crippen molar-refractivity contribution in [2.45, 2.75) is 13.8 Å².